The van der Waals surface area contributed by atoms with E-state index in [1.54, 1.807) is 0 Å². The van der Waals surface area contributed by atoms with Crippen LogP contribution in [0.1, 0.15) is 19.3 Å². The topological polar surface area (TPSA) is 9.23 Å². The third-order valence-corrected chi connectivity index (χ3v) is 6.79. The summed E-state index contributed by atoms with van der Waals surface area (Å²) in [6.45, 7) is 6.29. The molecule has 5 heteroatoms. The van der Waals surface area contributed by atoms with E-state index in [0.717, 1.165) is 19.3 Å². The summed E-state index contributed by atoms with van der Waals surface area (Å²) < 4.78 is 46.5. The summed E-state index contributed by atoms with van der Waals surface area (Å²) in [5.41, 5.74) is -0.711. The van der Waals surface area contributed by atoms with Gasteiger partial charge in [-0.3, -0.25) is 0 Å². The van der Waals surface area contributed by atoms with Gasteiger partial charge in [0.2, 0.25) is 0 Å². The second-order valence-electron chi connectivity index (χ2n) is 7.98. The van der Waals surface area contributed by atoms with Gasteiger partial charge < -0.3 is 4.43 Å². The molecular weight excluding hydrogens is 281 g/mol. The first kappa shape index (κ1) is 13.4. The van der Waals surface area contributed by atoms with Gasteiger partial charge in [0.1, 0.15) is 0 Å². The molecule has 112 valence electrons. The van der Waals surface area contributed by atoms with Crippen LogP contribution in [0, 0.1) is 29.6 Å². The predicted octanol–water partition coefficient (Wildman–Crippen LogP) is 4.37. The van der Waals surface area contributed by atoms with E-state index in [4.69, 9.17) is 4.43 Å². The number of halogens is 3. The van der Waals surface area contributed by atoms with Gasteiger partial charge >= 0.3 is 6.18 Å². The van der Waals surface area contributed by atoms with Gasteiger partial charge in [0, 0.05) is 23.3 Å². The van der Waals surface area contributed by atoms with Gasteiger partial charge in [-0.15, -0.1) is 0 Å². The Balaban J connectivity index is 1.75. The van der Waals surface area contributed by atoms with Gasteiger partial charge in [0.25, 0.3) is 0 Å². The lowest BCUT2D eigenvalue weighted by Crippen LogP contribution is -2.40. The van der Waals surface area contributed by atoms with Crippen LogP contribution >= 0.6 is 0 Å². The minimum absolute atomic E-state index is 0.0511. The summed E-state index contributed by atoms with van der Waals surface area (Å²) in [5, 5.41) is 0. The van der Waals surface area contributed by atoms with Gasteiger partial charge in [-0.1, -0.05) is 12.5 Å². The average Bonchev–Trinajstić information content (AvgIpc) is 2.63. The molecule has 4 aliphatic carbocycles. The second-order valence-corrected chi connectivity index (χ2v) is 12.4. The Morgan fingerprint density at radius 3 is 2.45 bits per heavy atom. The van der Waals surface area contributed by atoms with Crippen LogP contribution in [0.5, 0.6) is 0 Å². The molecule has 1 nitrogen and oxygen atoms in total. The Morgan fingerprint density at radius 1 is 1.20 bits per heavy atom. The SMILES string of the molecule is C[Si](C)(C)O[C@@]12C3C(C(F)(F)F)=C[C@@H]1[C@@H]2[C@@H]1CCC[C@H]31. The smallest absolute Gasteiger partial charge is 0.411 e. The maximum Gasteiger partial charge on any atom is 0.412 e. The summed E-state index contributed by atoms with van der Waals surface area (Å²) in [6, 6.07) is 0. The first-order chi connectivity index (χ1) is 9.16. The summed E-state index contributed by atoms with van der Waals surface area (Å²) in [6.07, 6.45) is 0.536. The van der Waals surface area contributed by atoms with E-state index in [0.29, 0.717) is 11.8 Å². The molecule has 0 aliphatic heterocycles. The van der Waals surface area contributed by atoms with E-state index in [-0.39, 0.29) is 23.3 Å². The van der Waals surface area contributed by atoms with Gasteiger partial charge in [0.15, 0.2) is 8.32 Å². The molecule has 6 atom stereocenters. The largest absolute Gasteiger partial charge is 0.412 e. The first-order valence-corrected chi connectivity index (χ1v) is 11.1. The minimum atomic E-state index is -4.17. The van der Waals surface area contributed by atoms with Crippen LogP contribution in [0.4, 0.5) is 13.2 Å². The van der Waals surface area contributed by atoms with Crippen LogP contribution in [0.2, 0.25) is 19.6 Å². The van der Waals surface area contributed by atoms with Crippen molar-refractivity contribution in [2.75, 3.05) is 0 Å². The molecule has 20 heavy (non-hydrogen) atoms. The lowest BCUT2D eigenvalue weighted by Gasteiger charge is -2.33. The van der Waals surface area contributed by atoms with E-state index in [1.807, 2.05) is 0 Å². The highest BCUT2D eigenvalue weighted by atomic mass is 28.4. The van der Waals surface area contributed by atoms with Gasteiger partial charge in [0.05, 0.1) is 5.60 Å². The summed E-state index contributed by atoms with van der Waals surface area (Å²) >= 11 is 0. The van der Waals surface area contributed by atoms with E-state index in [1.165, 1.54) is 6.08 Å². The molecule has 0 bridgehead atoms. The van der Waals surface area contributed by atoms with Crippen LogP contribution < -0.4 is 0 Å². The van der Waals surface area contributed by atoms with Crippen LogP contribution in [0.15, 0.2) is 11.6 Å². The van der Waals surface area contributed by atoms with Crippen LogP contribution in [0.25, 0.3) is 0 Å². The fourth-order valence-electron chi connectivity index (χ4n) is 5.67. The molecule has 0 saturated heterocycles. The van der Waals surface area contributed by atoms with Crippen molar-refractivity contribution in [1.82, 2.24) is 0 Å². The number of rotatable bonds is 2. The Morgan fingerprint density at radius 2 is 1.85 bits per heavy atom. The summed E-state index contributed by atoms with van der Waals surface area (Å²) in [4.78, 5) is 0. The molecule has 3 fully saturated rings. The molecule has 1 unspecified atom stereocenters. The van der Waals surface area contributed by atoms with Gasteiger partial charge in [-0.2, -0.15) is 13.2 Å². The lowest BCUT2D eigenvalue weighted by molar-refractivity contribution is -0.105. The zero-order valence-corrected chi connectivity index (χ0v) is 13.1. The van der Waals surface area contributed by atoms with E-state index in [2.05, 4.69) is 19.6 Å². The zero-order valence-electron chi connectivity index (χ0n) is 12.1. The molecule has 0 amide bonds. The number of alkyl halides is 3. The molecule has 0 spiro atoms. The van der Waals surface area contributed by atoms with Crippen LogP contribution in [-0.2, 0) is 4.43 Å². The summed E-state index contributed by atoms with van der Waals surface area (Å²) in [7, 11) is -1.83. The molecule has 0 aromatic heterocycles. The first-order valence-electron chi connectivity index (χ1n) is 7.65. The van der Waals surface area contributed by atoms with Crippen molar-refractivity contribution in [3.63, 3.8) is 0 Å². The fourth-order valence-corrected chi connectivity index (χ4v) is 7.13. The fraction of sp³-hybridized carbons (Fsp3) is 0.867. The Bertz CT molecular complexity index is 492. The molecule has 0 N–H and O–H groups in total. The zero-order chi connectivity index (χ0) is 14.5. The second kappa shape index (κ2) is 3.54. The van der Waals surface area contributed by atoms with Crippen molar-refractivity contribution in [2.45, 2.75) is 50.7 Å². The number of fused-ring (bicyclic) bond motifs is 4. The van der Waals surface area contributed by atoms with Crippen LogP contribution in [0.3, 0.4) is 0 Å². The van der Waals surface area contributed by atoms with Crippen molar-refractivity contribution in [3.05, 3.63) is 11.6 Å². The van der Waals surface area contributed by atoms with Crippen LogP contribution in [-0.4, -0.2) is 20.1 Å². The molecule has 0 heterocycles. The third-order valence-electron chi connectivity index (χ3n) is 5.82. The van der Waals surface area contributed by atoms with E-state index < -0.39 is 20.1 Å². The van der Waals surface area contributed by atoms with Crippen molar-refractivity contribution < 1.29 is 17.6 Å². The van der Waals surface area contributed by atoms with E-state index in [9.17, 15) is 13.2 Å². The van der Waals surface area contributed by atoms with Gasteiger partial charge in [-0.25, -0.2) is 0 Å². The Kier molecular flexibility index (Phi) is 2.37. The molecule has 0 aromatic rings. The van der Waals surface area contributed by atoms with Crippen molar-refractivity contribution in [2.24, 2.45) is 29.6 Å². The molecule has 0 radical (unpaired) electrons. The lowest BCUT2D eigenvalue weighted by atomic mass is 9.83. The monoisotopic (exact) mass is 302 g/mol. The molecule has 4 aliphatic rings. The van der Waals surface area contributed by atoms with Crippen molar-refractivity contribution in [1.29, 1.82) is 0 Å². The summed E-state index contributed by atoms with van der Waals surface area (Å²) in [5.74, 6) is 0.783. The third kappa shape index (κ3) is 1.48. The predicted molar refractivity (Wildman–Crippen MR) is 72.6 cm³/mol. The normalized spacial score (nSPS) is 49.1. The minimum Gasteiger partial charge on any atom is -0.411 e. The number of hydrogen-bond donors (Lipinski definition) is 0. The Hall–Kier alpha value is -0.293. The van der Waals surface area contributed by atoms with Gasteiger partial charge in [-0.05, 0) is 44.3 Å². The molecular formula is C15H21F3OSi. The highest BCUT2D eigenvalue weighted by molar-refractivity contribution is 6.69. The highest BCUT2D eigenvalue weighted by Crippen LogP contribution is 2.80. The maximum absolute atomic E-state index is 13.4. The maximum atomic E-state index is 13.4. The van der Waals surface area contributed by atoms with Crippen molar-refractivity contribution in [3.8, 4) is 0 Å². The molecule has 3 saturated carbocycles. The molecule has 4 rings (SSSR count). The Labute approximate surface area is 118 Å². The quantitative estimate of drug-likeness (QED) is 0.543. The average molecular weight is 302 g/mol. The highest BCUT2D eigenvalue weighted by Gasteiger charge is 2.83. The van der Waals surface area contributed by atoms with E-state index >= 15 is 0 Å². The van der Waals surface area contributed by atoms with Crippen molar-refractivity contribution >= 4 is 8.32 Å². The molecule has 0 aromatic carbocycles. The standard InChI is InChI=1S/C15H21F3OSi/c1-20(2,3)19-14-10-7-11(15(16,17)18)13(14)9-6-4-5-8(9)12(10)14/h7-10,12-13H,4-6H2,1-3H3/t8-,9+,10-,12+,13?,14+/m1/s1. The number of hydrogen-bond acceptors (Lipinski definition) is 1.